The number of rotatable bonds is 4. The van der Waals surface area contributed by atoms with Gasteiger partial charge in [0, 0.05) is 5.56 Å². The number of nitrogens with two attached hydrogens (primary N) is 1. The van der Waals surface area contributed by atoms with Crippen LogP contribution in [0.1, 0.15) is 5.56 Å². The van der Waals surface area contributed by atoms with Gasteiger partial charge in [-0.2, -0.15) is 15.5 Å². The number of H-pyrrole nitrogens is 1. The van der Waals surface area contributed by atoms with E-state index in [2.05, 4.69) is 20.6 Å². The van der Waals surface area contributed by atoms with E-state index in [1.807, 2.05) is 36.4 Å². The molecule has 2 aromatic heterocycles. The fraction of sp³-hybridized carbons (Fsp3) is 0.0667. The molecule has 3 aromatic rings. The van der Waals surface area contributed by atoms with Crippen LogP contribution >= 0.6 is 0 Å². The van der Waals surface area contributed by atoms with E-state index in [0.29, 0.717) is 11.4 Å². The number of aromatic nitrogens is 4. The summed E-state index contributed by atoms with van der Waals surface area (Å²) in [5.41, 5.74) is 8.16. The Balaban J connectivity index is 1.76. The quantitative estimate of drug-likeness (QED) is 0.671. The second kappa shape index (κ2) is 6.03. The largest absolute Gasteiger partial charge is 0.383 e. The van der Waals surface area contributed by atoms with Crippen molar-refractivity contribution in [2.75, 3.05) is 11.1 Å². The van der Waals surface area contributed by atoms with E-state index in [1.54, 1.807) is 0 Å². The maximum atomic E-state index is 12.2. The van der Waals surface area contributed by atoms with Crippen LogP contribution in [0, 0.1) is 11.3 Å². The Morgan fingerprint density at radius 1 is 1.35 bits per heavy atom. The van der Waals surface area contributed by atoms with Crippen molar-refractivity contribution in [1.29, 1.82) is 5.26 Å². The van der Waals surface area contributed by atoms with E-state index in [4.69, 9.17) is 11.0 Å². The molecule has 4 N–H and O–H groups in total. The Morgan fingerprint density at radius 3 is 2.83 bits per heavy atom. The average molecular weight is 307 g/mol. The summed E-state index contributed by atoms with van der Waals surface area (Å²) in [6, 6.07) is 11.4. The van der Waals surface area contributed by atoms with Crippen LogP contribution in [0.25, 0.3) is 11.3 Å². The normalized spacial score (nSPS) is 10.2. The molecule has 0 aliphatic heterocycles. The van der Waals surface area contributed by atoms with Crippen LogP contribution in [-0.2, 0) is 11.3 Å². The summed E-state index contributed by atoms with van der Waals surface area (Å²) in [6.45, 7) is -0.0904. The predicted octanol–water partition coefficient (Wildman–Crippen LogP) is 1.37. The highest BCUT2D eigenvalue weighted by Crippen LogP contribution is 2.24. The zero-order chi connectivity index (χ0) is 16.2. The highest BCUT2D eigenvalue weighted by Gasteiger charge is 2.14. The van der Waals surface area contributed by atoms with Crippen LogP contribution in [0.15, 0.2) is 42.7 Å². The molecule has 1 amide bonds. The number of hydrogen-bond donors (Lipinski definition) is 3. The lowest BCUT2D eigenvalue weighted by Gasteiger charge is -2.07. The third kappa shape index (κ3) is 2.89. The smallest absolute Gasteiger partial charge is 0.246 e. The summed E-state index contributed by atoms with van der Waals surface area (Å²) in [5.74, 6) is -0.152. The Bertz CT molecular complexity index is 873. The Kier molecular flexibility index (Phi) is 3.76. The molecule has 23 heavy (non-hydrogen) atoms. The van der Waals surface area contributed by atoms with Crippen LogP contribution in [0.3, 0.4) is 0 Å². The van der Waals surface area contributed by atoms with E-state index >= 15 is 0 Å². The zero-order valence-corrected chi connectivity index (χ0v) is 12.0. The van der Waals surface area contributed by atoms with E-state index in [0.717, 1.165) is 5.56 Å². The van der Waals surface area contributed by atoms with Crippen LogP contribution in [0.4, 0.5) is 11.5 Å². The van der Waals surface area contributed by atoms with Crippen LogP contribution < -0.4 is 11.1 Å². The van der Waals surface area contributed by atoms with Crippen LogP contribution in [0.2, 0.25) is 0 Å². The highest BCUT2D eigenvalue weighted by atomic mass is 16.2. The Morgan fingerprint density at radius 2 is 2.13 bits per heavy atom. The fourth-order valence-electron chi connectivity index (χ4n) is 2.14. The number of aromatic amines is 1. The van der Waals surface area contributed by atoms with Crippen molar-refractivity contribution in [3.63, 3.8) is 0 Å². The molecule has 0 bridgehead atoms. The summed E-state index contributed by atoms with van der Waals surface area (Å²) >= 11 is 0. The van der Waals surface area contributed by atoms with E-state index < -0.39 is 0 Å². The number of hydrogen-bond acceptors (Lipinski definition) is 5. The molecule has 0 saturated heterocycles. The van der Waals surface area contributed by atoms with Gasteiger partial charge in [0.1, 0.15) is 24.0 Å². The van der Waals surface area contributed by atoms with Crippen molar-refractivity contribution in [2.24, 2.45) is 0 Å². The molecular formula is C15H13N7O. The summed E-state index contributed by atoms with van der Waals surface area (Å²) < 4.78 is 1.27. The number of nitriles is 1. The molecule has 2 heterocycles. The minimum Gasteiger partial charge on any atom is -0.383 e. The first kappa shape index (κ1) is 14.3. The van der Waals surface area contributed by atoms with Gasteiger partial charge in [0.05, 0.1) is 23.8 Å². The maximum absolute atomic E-state index is 12.2. The van der Waals surface area contributed by atoms with Gasteiger partial charge in [-0.3, -0.25) is 9.89 Å². The molecule has 0 spiro atoms. The zero-order valence-electron chi connectivity index (χ0n) is 12.0. The summed E-state index contributed by atoms with van der Waals surface area (Å²) in [4.78, 5) is 12.2. The lowest BCUT2D eigenvalue weighted by Crippen LogP contribution is -2.20. The second-order valence-corrected chi connectivity index (χ2v) is 4.79. The van der Waals surface area contributed by atoms with Crippen LogP contribution in [0.5, 0.6) is 0 Å². The molecule has 3 rings (SSSR count). The molecule has 8 nitrogen and oxygen atoms in total. The van der Waals surface area contributed by atoms with Crippen LogP contribution in [-0.4, -0.2) is 25.9 Å². The standard InChI is InChI=1S/C15H13N7O/c16-6-11-7-19-22(15(11)17)9-13(23)20-12-8-18-21-14(12)10-4-2-1-3-5-10/h1-5,7-8H,9,17H2,(H,18,21)(H,20,23). The Hall–Kier alpha value is -3.60. The monoisotopic (exact) mass is 307 g/mol. The SMILES string of the molecule is N#Cc1cnn(CC(=O)Nc2cn[nH]c2-c2ccccc2)c1N. The first-order valence-electron chi connectivity index (χ1n) is 6.79. The van der Waals surface area contributed by atoms with Crippen molar-refractivity contribution < 1.29 is 4.79 Å². The van der Waals surface area contributed by atoms with Gasteiger partial charge < -0.3 is 11.1 Å². The van der Waals surface area contributed by atoms with E-state index in [9.17, 15) is 4.79 Å². The van der Waals surface area contributed by atoms with Gasteiger partial charge in [-0.15, -0.1) is 0 Å². The molecule has 0 aliphatic rings. The molecule has 114 valence electrons. The molecule has 0 radical (unpaired) electrons. The van der Waals surface area contributed by atoms with Crippen molar-refractivity contribution in [2.45, 2.75) is 6.54 Å². The van der Waals surface area contributed by atoms with Crippen molar-refractivity contribution >= 4 is 17.4 Å². The number of nitrogens with one attached hydrogen (secondary N) is 2. The van der Waals surface area contributed by atoms with Gasteiger partial charge in [0.2, 0.25) is 5.91 Å². The molecular weight excluding hydrogens is 294 g/mol. The number of amides is 1. The summed E-state index contributed by atoms with van der Waals surface area (Å²) in [6.07, 6.45) is 2.86. The highest BCUT2D eigenvalue weighted by molar-refractivity contribution is 5.94. The number of benzene rings is 1. The summed E-state index contributed by atoms with van der Waals surface area (Å²) in [7, 11) is 0. The van der Waals surface area contributed by atoms with Crippen molar-refractivity contribution in [3.05, 3.63) is 48.3 Å². The molecule has 0 unspecified atom stereocenters. The minimum absolute atomic E-state index is 0.0904. The average Bonchev–Trinajstić information content (AvgIpc) is 3.16. The molecule has 0 aliphatic carbocycles. The topological polar surface area (TPSA) is 125 Å². The lowest BCUT2D eigenvalue weighted by atomic mass is 10.1. The third-order valence-electron chi connectivity index (χ3n) is 3.27. The molecule has 0 atom stereocenters. The van der Waals surface area contributed by atoms with Gasteiger partial charge in [-0.05, 0) is 0 Å². The van der Waals surface area contributed by atoms with E-state index in [1.165, 1.54) is 17.1 Å². The predicted molar refractivity (Wildman–Crippen MR) is 84.0 cm³/mol. The van der Waals surface area contributed by atoms with E-state index in [-0.39, 0.29) is 23.8 Å². The number of nitrogens with zero attached hydrogens (tertiary/aromatic N) is 4. The first-order valence-corrected chi connectivity index (χ1v) is 6.79. The second-order valence-electron chi connectivity index (χ2n) is 4.79. The van der Waals surface area contributed by atoms with Gasteiger partial charge in [0.25, 0.3) is 0 Å². The fourth-order valence-corrected chi connectivity index (χ4v) is 2.14. The number of nitrogen functional groups attached to an aromatic ring is 1. The van der Waals surface area contributed by atoms with Crippen molar-refractivity contribution in [1.82, 2.24) is 20.0 Å². The maximum Gasteiger partial charge on any atom is 0.246 e. The number of anilines is 2. The minimum atomic E-state index is -0.317. The van der Waals surface area contributed by atoms with Gasteiger partial charge in [-0.1, -0.05) is 30.3 Å². The van der Waals surface area contributed by atoms with Gasteiger partial charge >= 0.3 is 0 Å². The Labute approximate surface area is 131 Å². The molecule has 8 heteroatoms. The van der Waals surface area contributed by atoms with Gasteiger partial charge in [-0.25, -0.2) is 4.68 Å². The molecule has 0 fully saturated rings. The van der Waals surface area contributed by atoms with Crippen molar-refractivity contribution in [3.8, 4) is 17.3 Å². The molecule has 1 aromatic carbocycles. The number of carbonyl (C=O) groups is 1. The van der Waals surface area contributed by atoms with Gasteiger partial charge in [0.15, 0.2) is 0 Å². The number of carbonyl (C=O) groups excluding carboxylic acids is 1. The lowest BCUT2D eigenvalue weighted by molar-refractivity contribution is -0.116. The third-order valence-corrected chi connectivity index (χ3v) is 3.27. The summed E-state index contributed by atoms with van der Waals surface area (Å²) in [5, 5.41) is 22.3. The molecule has 0 saturated carbocycles. The first-order chi connectivity index (χ1) is 11.2.